The average Bonchev–Trinajstić information content (AvgIpc) is 2.62. The number of rotatable bonds is 9. The van der Waals surface area contributed by atoms with Gasteiger partial charge in [-0.25, -0.2) is 0 Å². The Hall–Kier alpha value is -1.39. The minimum absolute atomic E-state index is 0.0302. The van der Waals surface area contributed by atoms with Gasteiger partial charge >= 0.3 is 5.97 Å². The molecule has 0 aliphatic heterocycles. The molecule has 1 aromatic rings. The first kappa shape index (κ1) is 19.9. The lowest BCUT2D eigenvalue weighted by molar-refractivity contribution is -0.161. The van der Waals surface area contributed by atoms with Gasteiger partial charge in [0, 0.05) is 23.4 Å². The summed E-state index contributed by atoms with van der Waals surface area (Å²) in [6.45, 7) is 2.16. The second-order valence-corrected chi connectivity index (χ2v) is 7.16. The first-order chi connectivity index (χ1) is 12.1. The zero-order chi connectivity index (χ0) is 18.1. The molecule has 0 amide bonds. The van der Waals surface area contributed by atoms with E-state index in [1.807, 2.05) is 18.2 Å². The maximum atomic E-state index is 12.7. The van der Waals surface area contributed by atoms with Crippen molar-refractivity contribution in [3.63, 3.8) is 0 Å². The van der Waals surface area contributed by atoms with E-state index in [0.717, 1.165) is 32.1 Å². The largest absolute Gasteiger partial charge is 0.369 e. The third-order valence-electron chi connectivity index (χ3n) is 4.84. The number of ketones is 1. The van der Waals surface area contributed by atoms with Gasteiger partial charge in [-0.05, 0) is 25.3 Å². The van der Waals surface area contributed by atoms with Gasteiger partial charge in [0.15, 0.2) is 5.78 Å². The highest BCUT2D eigenvalue weighted by molar-refractivity contribution is 6.31. The average molecular weight is 366 g/mol. The van der Waals surface area contributed by atoms with Crippen LogP contribution in [0.2, 0.25) is 5.02 Å². The summed E-state index contributed by atoms with van der Waals surface area (Å²) in [6, 6.07) is 7.27. The molecule has 1 aliphatic rings. The predicted molar refractivity (Wildman–Crippen MR) is 99.2 cm³/mol. The molecule has 1 unspecified atom stereocenters. The van der Waals surface area contributed by atoms with E-state index in [1.54, 1.807) is 6.07 Å². The number of Topliss-reactive ketones (excluding diaryl/α,β-unsaturated/α-hetero) is 1. The van der Waals surface area contributed by atoms with Crippen molar-refractivity contribution in [1.82, 2.24) is 5.48 Å². The van der Waals surface area contributed by atoms with Gasteiger partial charge in [-0.15, -0.1) is 5.48 Å². The fraction of sp³-hybridized carbons (Fsp3) is 0.600. The lowest BCUT2D eigenvalue weighted by atomic mass is 9.76. The maximum Gasteiger partial charge on any atom is 0.324 e. The number of hydrogen-bond acceptors (Lipinski definition) is 4. The molecule has 1 aromatic carbocycles. The summed E-state index contributed by atoms with van der Waals surface area (Å²) in [5.41, 5.74) is 2.48. The van der Waals surface area contributed by atoms with Crippen molar-refractivity contribution in [2.24, 2.45) is 0 Å². The maximum absolute atomic E-state index is 12.7. The number of hydroxylamine groups is 1. The number of carbonyl (C=O) groups is 2. The summed E-state index contributed by atoms with van der Waals surface area (Å²) >= 11 is 6.33. The van der Waals surface area contributed by atoms with Crippen LogP contribution in [0.5, 0.6) is 0 Å². The van der Waals surface area contributed by atoms with Gasteiger partial charge in [-0.3, -0.25) is 9.59 Å². The molecule has 5 heteroatoms. The van der Waals surface area contributed by atoms with Gasteiger partial charge < -0.3 is 4.84 Å². The molecule has 0 saturated heterocycles. The summed E-state index contributed by atoms with van der Waals surface area (Å²) in [6.07, 6.45) is 8.50. The quantitative estimate of drug-likeness (QED) is 0.489. The van der Waals surface area contributed by atoms with Gasteiger partial charge in [0.1, 0.15) is 5.54 Å². The molecule has 138 valence electrons. The van der Waals surface area contributed by atoms with E-state index >= 15 is 0 Å². The molecule has 1 saturated carbocycles. The van der Waals surface area contributed by atoms with Crippen LogP contribution in [0.15, 0.2) is 24.3 Å². The molecular weight excluding hydrogens is 338 g/mol. The molecule has 0 aromatic heterocycles. The zero-order valence-electron chi connectivity index (χ0n) is 15.0. The van der Waals surface area contributed by atoms with Crippen molar-refractivity contribution in [3.05, 3.63) is 34.9 Å². The molecule has 0 spiro atoms. The van der Waals surface area contributed by atoms with E-state index in [1.165, 1.54) is 12.8 Å². The van der Waals surface area contributed by atoms with E-state index in [2.05, 4.69) is 12.4 Å². The Morgan fingerprint density at radius 3 is 2.68 bits per heavy atom. The molecule has 0 bridgehead atoms. The van der Waals surface area contributed by atoms with E-state index in [4.69, 9.17) is 16.4 Å². The van der Waals surface area contributed by atoms with Crippen LogP contribution in [-0.4, -0.2) is 11.8 Å². The van der Waals surface area contributed by atoms with Gasteiger partial charge in [0.25, 0.3) is 0 Å². The Labute approximate surface area is 155 Å². The highest BCUT2D eigenvalue weighted by atomic mass is 35.5. The van der Waals surface area contributed by atoms with Crippen LogP contribution in [0.3, 0.4) is 0 Å². The second-order valence-electron chi connectivity index (χ2n) is 6.76. The molecule has 1 aliphatic carbocycles. The van der Waals surface area contributed by atoms with Crippen molar-refractivity contribution >= 4 is 23.4 Å². The molecule has 1 atom stereocenters. The van der Waals surface area contributed by atoms with Crippen LogP contribution in [0.25, 0.3) is 0 Å². The molecule has 1 fully saturated rings. The Balaban J connectivity index is 2.00. The van der Waals surface area contributed by atoms with Crippen molar-refractivity contribution in [3.8, 4) is 0 Å². The van der Waals surface area contributed by atoms with Gasteiger partial charge in [0.05, 0.1) is 0 Å². The monoisotopic (exact) mass is 365 g/mol. The summed E-state index contributed by atoms with van der Waals surface area (Å²) in [7, 11) is 0. The summed E-state index contributed by atoms with van der Waals surface area (Å²) in [5, 5.41) is 0.515. The lowest BCUT2D eigenvalue weighted by Crippen LogP contribution is -2.51. The topological polar surface area (TPSA) is 55.4 Å². The number of halogens is 1. The Bertz CT molecular complexity index is 590. The van der Waals surface area contributed by atoms with Gasteiger partial charge in [0.2, 0.25) is 0 Å². The first-order valence-corrected chi connectivity index (χ1v) is 9.73. The van der Waals surface area contributed by atoms with Crippen molar-refractivity contribution in [2.75, 3.05) is 0 Å². The molecule has 1 N–H and O–H groups in total. The smallest absolute Gasteiger partial charge is 0.324 e. The number of unbranched alkanes of at least 4 members (excludes halogenated alkanes) is 4. The number of hydrogen-bond donors (Lipinski definition) is 1. The minimum atomic E-state index is -1.02. The number of nitrogens with one attached hydrogen (secondary N) is 1. The van der Waals surface area contributed by atoms with Crippen LogP contribution in [0.4, 0.5) is 0 Å². The molecule has 0 radical (unpaired) electrons. The van der Waals surface area contributed by atoms with Crippen molar-refractivity contribution in [1.29, 1.82) is 0 Å². The van der Waals surface area contributed by atoms with Crippen LogP contribution in [0, 0.1) is 0 Å². The zero-order valence-corrected chi connectivity index (χ0v) is 15.7. The molecule has 0 heterocycles. The van der Waals surface area contributed by atoms with Crippen LogP contribution in [-0.2, 0) is 20.0 Å². The van der Waals surface area contributed by atoms with Crippen LogP contribution >= 0.6 is 11.6 Å². The van der Waals surface area contributed by atoms with Crippen molar-refractivity contribution < 1.29 is 14.4 Å². The summed E-state index contributed by atoms with van der Waals surface area (Å²) in [5.74, 6) is -0.288. The number of carbonyl (C=O) groups excluding carboxylic acids is 2. The van der Waals surface area contributed by atoms with Crippen molar-refractivity contribution in [2.45, 2.75) is 76.7 Å². The molecule has 25 heavy (non-hydrogen) atoms. The second kappa shape index (κ2) is 9.93. The van der Waals surface area contributed by atoms with E-state index < -0.39 is 5.54 Å². The Kier molecular flexibility index (Phi) is 7.91. The van der Waals surface area contributed by atoms with Crippen LogP contribution in [0.1, 0.15) is 76.7 Å². The highest BCUT2D eigenvalue weighted by Gasteiger charge is 2.44. The van der Waals surface area contributed by atoms with Gasteiger partial charge in [-0.1, -0.05) is 68.8 Å². The van der Waals surface area contributed by atoms with E-state index in [0.29, 0.717) is 29.8 Å². The fourth-order valence-corrected chi connectivity index (χ4v) is 3.65. The SMILES string of the molecule is CCCCCCCC(=O)ONC1(c2ccccc2Cl)CCCCC1=O. The minimum Gasteiger partial charge on any atom is -0.369 e. The highest BCUT2D eigenvalue weighted by Crippen LogP contribution is 2.38. The standard InChI is InChI=1S/C20H28ClNO3/c1-2-3-4-5-6-14-19(24)25-22-20(15-10-9-13-18(20)23)16-11-7-8-12-17(16)21/h7-8,11-12,22H,2-6,9-10,13-15H2,1H3. The third-order valence-corrected chi connectivity index (χ3v) is 5.17. The normalized spacial score (nSPS) is 20.5. The van der Waals surface area contributed by atoms with Crippen LogP contribution < -0.4 is 5.48 Å². The van der Waals surface area contributed by atoms with Gasteiger partial charge in [-0.2, -0.15) is 0 Å². The lowest BCUT2D eigenvalue weighted by Gasteiger charge is -2.36. The number of benzene rings is 1. The Morgan fingerprint density at radius 2 is 1.96 bits per heavy atom. The molecule has 4 nitrogen and oxygen atoms in total. The summed E-state index contributed by atoms with van der Waals surface area (Å²) < 4.78 is 0. The van der Waals surface area contributed by atoms with E-state index in [9.17, 15) is 9.59 Å². The molecular formula is C20H28ClNO3. The Morgan fingerprint density at radius 1 is 1.20 bits per heavy atom. The first-order valence-electron chi connectivity index (χ1n) is 9.35. The third kappa shape index (κ3) is 5.29. The predicted octanol–water partition coefficient (Wildman–Crippen LogP) is 5.09. The molecule has 2 rings (SSSR count). The fourth-order valence-electron chi connectivity index (χ4n) is 3.35. The summed E-state index contributed by atoms with van der Waals surface area (Å²) in [4.78, 5) is 30.1. The van der Waals surface area contributed by atoms with E-state index in [-0.39, 0.29) is 11.8 Å².